The number of phenols is 3. The summed E-state index contributed by atoms with van der Waals surface area (Å²) in [4.78, 5) is 0. The van der Waals surface area contributed by atoms with Crippen LogP contribution in [0.25, 0.3) is 0 Å². The van der Waals surface area contributed by atoms with Crippen LogP contribution in [-0.2, 0) is 0 Å². The lowest BCUT2D eigenvalue weighted by Gasteiger charge is -2.11. The van der Waals surface area contributed by atoms with Crippen molar-refractivity contribution in [3.63, 3.8) is 0 Å². The highest BCUT2D eigenvalue weighted by Crippen LogP contribution is 2.37. The number of hydrazone groups is 1. The molecule has 0 aliphatic carbocycles. The van der Waals surface area contributed by atoms with Gasteiger partial charge in [-0.05, 0) is 49.8 Å². The second-order valence-electron chi connectivity index (χ2n) is 4.91. The van der Waals surface area contributed by atoms with E-state index in [1.54, 1.807) is 6.92 Å². The third kappa shape index (κ3) is 3.89. The standard InChI is InChI=1S/C16H17N3O3S/c1-9-5-3-4-6-12(9)17-16(23)19-18-10(2)11-7-8-13(20)15(22)14(11)21/h3-8,20-22H,1-2H3,(H2,17,19,23)/b18-10+. The maximum Gasteiger partial charge on any atom is 0.200 e. The Morgan fingerprint density at radius 2 is 1.74 bits per heavy atom. The molecule has 0 spiro atoms. The lowest BCUT2D eigenvalue weighted by atomic mass is 10.1. The Kier molecular flexibility index (Phi) is 5.02. The average Bonchev–Trinajstić information content (AvgIpc) is 2.53. The molecule has 0 aliphatic rings. The number of nitrogens with zero attached hydrogens (tertiary/aromatic N) is 1. The van der Waals surface area contributed by atoms with Gasteiger partial charge in [-0.3, -0.25) is 5.43 Å². The number of hydrogen-bond donors (Lipinski definition) is 5. The first-order chi connectivity index (χ1) is 10.9. The first kappa shape index (κ1) is 16.6. The molecule has 0 aliphatic heterocycles. The monoisotopic (exact) mass is 331 g/mol. The summed E-state index contributed by atoms with van der Waals surface area (Å²) in [6.07, 6.45) is 0. The molecular formula is C16H17N3O3S. The minimum absolute atomic E-state index is 0.284. The number of thiocarbonyl (C=S) groups is 1. The van der Waals surface area contributed by atoms with Crippen molar-refractivity contribution in [2.24, 2.45) is 5.10 Å². The molecule has 23 heavy (non-hydrogen) atoms. The number of phenolic OH excluding ortho intramolecular Hbond substituents is 3. The van der Waals surface area contributed by atoms with Crippen molar-refractivity contribution >= 4 is 28.7 Å². The third-order valence-electron chi connectivity index (χ3n) is 3.24. The van der Waals surface area contributed by atoms with E-state index in [1.807, 2.05) is 31.2 Å². The molecule has 0 bridgehead atoms. The first-order valence-electron chi connectivity index (χ1n) is 6.81. The van der Waals surface area contributed by atoms with Crippen LogP contribution in [0.2, 0.25) is 0 Å². The summed E-state index contributed by atoms with van der Waals surface area (Å²) >= 11 is 5.16. The van der Waals surface area contributed by atoms with E-state index in [9.17, 15) is 15.3 Å². The summed E-state index contributed by atoms with van der Waals surface area (Å²) in [5.41, 5.74) is 5.25. The van der Waals surface area contributed by atoms with Crippen LogP contribution in [0.15, 0.2) is 41.5 Å². The molecule has 2 aromatic carbocycles. The van der Waals surface area contributed by atoms with E-state index in [0.717, 1.165) is 11.3 Å². The van der Waals surface area contributed by atoms with E-state index in [1.165, 1.54) is 12.1 Å². The molecule has 6 nitrogen and oxygen atoms in total. The van der Waals surface area contributed by atoms with E-state index >= 15 is 0 Å². The Labute approximate surface area is 139 Å². The van der Waals surface area contributed by atoms with E-state index in [0.29, 0.717) is 10.8 Å². The Balaban J connectivity index is 2.09. The number of nitrogens with one attached hydrogen (secondary N) is 2. The second-order valence-corrected chi connectivity index (χ2v) is 5.32. The van der Waals surface area contributed by atoms with E-state index < -0.39 is 17.2 Å². The smallest absolute Gasteiger partial charge is 0.200 e. The van der Waals surface area contributed by atoms with Crippen molar-refractivity contribution in [3.8, 4) is 17.2 Å². The van der Waals surface area contributed by atoms with Gasteiger partial charge in [0.15, 0.2) is 16.6 Å². The van der Waals surface area contributed by atoms with Gasteiger partial charge < -0.3 is 20.6 Å². The van der Waals surface area contributed by atoms with Crippen LogP contribution in [0.1, 0.15) is 18.1 Å². The normalized spacial score (nSPS) is 11.1. The highest BCUT2D eigenvalue weighted by Gasteiger charge is 2.13. The molecule has 0 unspecified atom stereocenters. The first-order valence-corrected chi connectivity index (χ1v) is 7.22. The van der Waals surface area contributed by atoms with Crippen molar-refractivity contribution in [1.29, 1.82) is 0 Å². The van der Waals surface area contributed by atoms with E-state index in [2.05, 4.69) is 15.8 Å². The number of aromatic hydroxyl groups is 3. The summed E-state index contributed by atoms with van der Waals surface area (Å²) in [6.45, 7) is 3.59. The zero-order valence-corrected chi connectivity index (χ0v) is 13.5. The van der Waals surface area contributed by atoms with Crippen molar-refractivity contribution in [2.45, 2.75) is 13.8 Å². The molecule has 0 aromatic heterocycles. The summed E-state index contributed by atoms with van der Waals surface area (Å²) in [6, 6.07) is 10.4. The minimum Gasteiger partial charge on any atom is -0.504 e. The van der Waals surface area contributed by atoms with Gasteiger partial charge in [-0.25, -0.2) is 0 Å². The molecule has 7 heteroatoms. The maximum absolute atomic E-state index is 9.82. The van der Waals surface area contributed by atoms with E-state index in [4.69, 9.17) is 12.2 Å². The lowest BCUT2D eigenvalue weighted by molar-refractivity contribution is 0.367. The van der Waals surface area contributed by atoms with Crippen LogP contribution in [-0.4, -0.2) is 26.1 Å². The molecule has 2 rings (SSSR count). The molecule has 2 aromatic rings. The predicted molar refractivity (Wildman–Crippen MR) is 94.2 cm³/mol. The van der Waals surface area contributed by atoms with Gasteiger partial charge in [0.1, 0.15) is 0 Å². The number of aryl methyl sites for hydroxylation is 1. The molecule has 0 fully saturated rings. The molecule has 0 radical (unpaired) electrons. The zero-order chi connectivity index (χ0) is 17.0. The Bertz CT molecular complexity index is 775. The highest BCUT2D eigenvalue weighted by molar-refractivity contribution is 7.80. The van der Waals surface area contributed by atoms with Crippen molar-refractivity contribution in [3.05, 3.63) is 47.5 Å². The fourth-order valence-electron chi connectivity index (χ4n) is 1.92. The van der Waals surface area contributed by atoms with Crippen LogP contribution >= 0.6 is 12.2 Å². The second kappa shape index (κ2) is 6.97. The SMILES string of the molecule is C/C(=N\NC(=S)Nc1ccccc1C)c1ccc(O)c(O)c1O. The number of hydrogen-bond acceptors (Lipinski definition) is 5. The molecule has 0 heterocycles. The number of para-hydroxylation sites is 1. The topological polar surface area (TPSA) is 97.1 Å². The lowest BCUT2D eigenvalue weighted by Crippen LogP contribution is -2.25. The van der Waals surface area contributed by atoms with Crippen LogP contribution in [0.5, 0.6) is 17.2 Å². The zero-order valence-electron chi connectivity index (χ0n) is 12.7. The molecule has 0 amide bonds. The van der Waals surface area contributed by atoms with Crippen LogP contribution in [0.3, 0.4) is 0 Å². The quantitative estimate of drug-likeness (QED) is 0.257. The highest BCUT2D eigenvalue weighted by atomic mass is 32.1. The van der Waals surface area contributed by atoms with Gasteiger partial charge in [0, 0.05) is 11.3 Å². The van der Waals surface area contributed by atoms with Gasteiger partial charge in [0.05, 0.1) is 5.71 Å². The number of anilines is 1. The van der Waals surface area contributed by atoms with Gasteiger partial charge >= 0.3 is 0 Å². The molecule has 0 saturated heterocycles. The summed E-state index contributed by atoms with van der Waals surface area (Å²) < 4.78 is 0. The Hall–Kier alpha value is -2.80. The van der Waals surface area contributed by atoms with Crippen LogP contribution < -0.4 is 10.7 Å². The van der Waals surface area contributed by atoms with Gasteiger partial charge in [0.2, 0.25) is 5.75 Å². The molecule has 5 N–H and O–H groups in total. The molecule has 120 valence electrons. The van der Waals surface area contributed by atoms with E-state index in [-0.39, 0.29) is 5.56 Å². The van der Waals surface area contributed by atoms with Crippen molar-refractivity contribution < 1.29 is 15.3 Å². The minimum atomic E-state index is -0.585. The fourth-order valence-corrected chi connectivity index (χ4v) is 2.07. The van der Waals surface area contributed by atoms with Crippen LogP contribution in [0, 0.1) is 6.92 Å². The predicted octanol–water partition coefficient (Wildman–Crippen LogP) is 2.82. The summed E-state index contributed by atoms with van der Waals surface area (Å²) in [7, 11) is 0. The van der Waals surface area contributed by atoms with Gasteiger partial charge in [-0.2, -0.15) is 5.10 Å². The number of benzene rings is 2. The largest absolute Gasteiger partial charge is 0.504 e. The molecule has 0 atom stereocenters. The fraction of sp³-hybridized carbons (Fsp3) is 0.125. The summed E-state index contributed by atoms with van der Waals surface area (Å²) in [5, 5.41) is 36.0. The van der Waals surface area contributed by atoms with Gasteiger partial charge in [-0.15, -0.1) is 0 Å². The Morgan fingerprint density at radius 1 is 1.04 bits per heavy atom. The average molecular weight is 331 g/mol. The van der Waals surface area contributed by atoms with Crippen LogP contribution in [0.4, 0.5) is 5.69 Å². The van der Waals surface area contributed by atoms with Gasteiger partial charge in [-0.1, -0.05) is 18.2 Å². The maximum atomic E-state index is 9.82. The van der Waals surface area contributed by atoms with Crippen molar-refractivity contribution in [1.82, 2.24) is 5.43 Å². The third-order valence-corrected chi connectivity index (χ3v) is 3.43. The van der Waals surface area contributed by atoms with Gasteiger partial charge in [0.25, 0.3) is 0 Å². The Morgan fingerprint density at radius 3 is 2.43 bits per heavy atom. The number of rotatable bonds is 3. The summed E-state index contributed by atoms with van der Waals surface area (Å²) in [5.74, 6) is -1.42. The molecule has 0 saturated carbocycles. The van der Waals surface area contributed by atoms with Crippen molar-refractivity contribution in [2.75, 3.05) is 5.32 Å². The molecular weight excluding hydrogens is 314 g/mol.